The molecule has 1 aliphatic heterocycles. The first-order valence-electron chi connectivity index (χ1n) is 10.8. The number of hydrogen-bond donors (Lipinski definition) is 3. The third kappa shape index (κ3) is 4.58. The van der Waals surface area contributed by atoms with Crippen LogP contribution in [0.1, 0.15) is 44.9 Å². The number of benzene rings is 3. The number of rotatable bonds is 7. The first kappa shape index (κ1) is 23.6. The topological polar surface area (TPSA) is 90.9 Å². The highest BCUT2D eigenvalue weighted by molar-refractivity contribution is 14.1. The van der Waals surface area contributed by atoms with E-state index in [-0.39, 0.29) is 5.75 Å². The van der Waals surface area contributed by atoms with Crippen LogP contribution in [0.3, 0.4) is 0 Å². The van der Waals surface area contributed by atoms with Crippen LogP contribution in [0.5, 0.6) is 11.5 Å². The predicted molar refractivity (Wildman–Crippen MR) is 139 cm³/mol. The second-order valence-electron chi connectivity index (χ2n) is 7.63. The highest BCUT2D eigenvalue weighted by Crippen LogP contribution is 2.37. The van der Waals surface area contributed by atoms with Gasteiger partial charge in [-0.25, -0.2) is 5.01 Å². The lowest BCUT2D eigenvalue weighted by Gasteiger charge is -2.38. The molecule has 1 heterocycles. The van der Waals surface area contributed by atoms with E-state index in [0.29, 0.717) is 46.7 Å². The summed E-state index contributed by atoms with van der Waals surface area (Å²) in [4.78, 5) is 26.9. The van der Waals surface area contributed by atoms with Crippen LogP contribution in [0.25, 0.3) is 0 Å². The molecule has 34 heavy (non-hydrogen) atoms. The number of para-hydroxylation sites is 2. The fourth-order valence-corrected chi connectivity index (χ4v) is 4.36. The lowest BCUT2D eigenvalue weighted by atomic mass is 10.0. The van der Waals surface area contributed by atoms with Gasteiger partial charge in [0.25, 0.3) is 11.8 Å². The van der Waals surface area contributed by atoms with Gasteiger partial charge < -0.3 is 15.2 Å². The number of phenolic OH excluding ortho intramolecular Hbond substituents is 1. The van der Waals surface area contributed by atoms with Gasteiger partial charge in [0.15, 0.2) is 6.17 Å². The Bertz CT molecular complexity index is 1260. The number of allylic oxidation sites excluding steroid dienone is 1. The summed E-state index contributed by atoms with van der Waals surface area (Å²) >= 11 is 2.14. The zero-order valence-electron chi connectivity index (χ0n) is 18.5. The highest BCUT2D eigenvalue weighted by atomic mass is 127. The zero-order valence-corrected chi connectivity index (χ0v) is 20.7. The summed E-state index contributed by atoms with van der Waals surface area (Å²) in [7, 11) is 0. The number of anilines is 1. The van der Waals surface area contributed by atoms with Gasteiger partial charge in [0.2, 0.25) is 0 Å². The molecular weight excluding hydrogens is 545 g/mol. The summed E-state index contributed by atoms with van der Waals surface area (Å²) in [5, 5.41) is 15.5. The summed E-state index contributed by atoms with van der Waals surface area (Å²) in [6, 6.07) is 17.6. The van der Waals surface area contributed by atoms with Crippen LogP contribution in [0.15, 0.2) is 73.3 Å². The smallest absolute Gasteiger partial charge is 0.276 e. The third-order valence-corrected chi connectivity index (χ3v) is 6.12. The maximum Gasteiger partial charge on any atom is 0.276 e. The van der Waals surface area contributed by atoms with Crippen LogP contribution in [0, 0.1) is 3.57 Å². The molecule has 0 unspecified atom stereocenters. The number of fused-ring (bicyclic) bond motifs is 1. The van der Waals surface area contributed by atoms with Crippen molar-refractivity contribution in [2.75, 3.05) is 11.9 Å². The number of halogens is 1. The number of phenols is 1. The summed E-state index contributed by atoms with van der Waals surface area (Å²) in [6.45, 7) is 5.97. The van der Waals surface area contributed by atoms with E-state index >= 15 is 0 Å². The van der Waals surface area contributed by atoms with Crippen molar-refractivity contribution in [1.29, 1.82) is 0 Å². The standard InChI is InChI=1S/C26H24IN3O4/c1-3-8-16-9-7-11-19(23(16)31)24-28-21-14-13-17(27)15-20(21)26(33)30(24)29-25(32)18-10-5-6-12-22(18)34-4-2/h3,5-7,9-15,24,28,31H,1,4,8H2,2H3,(H,29,32)/t24-/m0/s1. The van der Waals surface area contributed by atoms with Gasteiger partial charge >= 0.3 is 0 Å². The van der Waals surface area contributed by atoms with Gasteiger partial charge in [0, 0.05) is 14.8 Å². The number of hydrazine groups is 1. The van der Waals surface area contributed by atoms with Crippen LogP contribution in [-0.4, -0.2) is 28.5 Å². The van der Waals surface area contributed by atoms with Gasteiger partial charge in [-0.3, -0.25) is 15.0 Å². The molecule has 0 bridgehead atoms. The quantitative estimate of drug-likeness (QED) is 0.274. The molecule has 0 aromatic heterocycles. The van der Waals surface area contributed by atoms with Crippen molar-refractivity contribution in [1.82, 2.24) is 10.4 Å². The molecule has 0 fully saturated rings. The zero-order chi connectivity index (χ0) is 24.2. The molecule has 0 saturated heterocycles. The lowest BCUT2D eigenvalue weighted by Crippen LogP contribution is -2.53. The first-order valence-corrected chi connectivity index (χ1v) is 11.9. The molecule has 3 aromatic rings. The first-order chi connectivity index (χ1) is 16.4. The van der Waals surface area contributed by atoms with Gasteiger partial charge in [0.1, 0.15) is 11.5 Å². The molecule has 1 aliphatic rings. The normalized spacial score (nSPS) is 14.7. The van der Waals surface area contributed by atoms with Crippen molar-refractivity contribution in [2.24, 2.45) is 0 Å². The summed E-state index contributed by atoms with van der Waals surface area (Å²) in [5.74, 6) is -0.439. The highest BCUT2D eigenvalue weighted by Gasteiger charge is 2.36. The Balaban J connectivity index is 1.77. The SMILES string of the molecule is C=CCc1cccc([C@H]2Nc3ccc(I)cc3C(=O)N2NC(=O)c2ccccc2OCC)c1O. The van der Waals surface area contributed by atoms with Crippen molar-refractivity contribution in [3.05, 3.63) is 99.1 Å². The van der Waals surface area contributed by atoms with E-state index in [1.165, 1.54) is 5.01 Å². The van der Waals surface area contributed by atoms with Crippen molar-refractivity contribution in [3.63, 3.8) is 0 Å². The van der Waals surface area contributed by atoms with Crippen LogP contribution >= 0.6 is 22.6 Å². The average Bonchev–Trinajstić information content (AvgIpc) is 2.83. The summed E-state index contributed by atoms with van der Waals surface area (Å²) < 4.78 is 6.47. The minimum absolute atomic E-state index is 0.0376. The minimum atomic E-state index is -0.840. The second kappa shape index (κ2) is 10.2. The Kier molecular flexibility index (Phi) is 7.06. The van der Waals surface area contributed by atoms with E-state index in [1.807, 2.05) is 19.1 Å². The number of aromatic hydroxyl groups is 1. The van der Waals surface area contributed by atoms with Gasteiger partial charge in [-0.05, 0) is 71.8 Å². The number of hydrogen-bond acceptors (Lipinski definition) is 5. The fourth-order valence-electron chi connectivity index (χ4n) is 3.87. The molecule has 8 heteroatoms. The second-order valence-corrected chi connectivity index (χ2v) is 8.88. The van der Waals surface area contributed by atoms with Crippen molar-refractivity contribution >= 4 is 40.1 Å². The van der Waals surface area contributed by atoms with Gasteiger partial charge in [-0.1, -0.05) is 36.4 Å². The molecular formula is C26H24IN3O4. The van der Waals surface area contributed by atoms with Crippen LogP contribution < -0.4 is 15.5 Å². The molecule has 7 nitrogen and oxygen atoms in total. The van der Waals surface area contributed by atoms with E-state index in [1.54, 1.807) is 54.6 Å². The predicted octanol–water partition coefficient (Wildman–Crippen LogP) is 5.04. The number of carbonyl (C=O) groups excluding carboxylic acids is 2. The van der Waals surface area contributed by atoms with Gasteiger partial charge in [0.05, 0.1) is 17.7 Å². The molecule has 0 aliphatic carbocycles. The maximum absolute atomic E-state index is 13.6. The van der Waals surface area contributed by atoms with E-state index in [4.69, 9.17) is 4.74 Å². The Morgan fingerprint density at radius 1 is 1.24 bits per heavy atom. The van der Waals surface area contributed by atoms with E-state index in [9.17, 15) is 14.7 Å². The molecule has 0 spiro atoms. The Morgan fingerprint density at radius 2 is 2.03 bits per heavy atom. The van der Waals surface area contributed by atoms with Crippen LogP contribution in [-0.2, 0) is 6.42 Å². The minimum Gasteiger partial charge on any atom is -0.507 e. The van der Waals surface area contributed by atoms with Crippen molar-refractivity contribution in [3.8, 4) is 11.5 Å². The Labute approximate surface area is 211 Å². The summed E-state index contributed by atoms with van der Waals surface area (Å²) in [6.07, 6.45) is 1.32. The number of nitrogens with zero attached hydrogens (tertiary/aromatic N) is 1. The van der Waals surface area contributed by atoms with Crippen LogP contribution in [0.2, 0.25) is 0 Å². The van der Waals surface area contributed by atoms with E-state index in [0.717, 1.165) is 3.57 Å². The van der Waals surface area contributed by atoms with E-state index in [2.05, 4.69) is 39.9 Å². The number of ether oxygens (including phenoxy) is 1. The lowest BCUT2D eigenvalue weighted by molar-refractivity contribution is 0.0487. The molecule has 0 radical (unpaired) electrons. The fraction of sp³-hybridized carbons (Fsp3) is 0.154. The Hall–Kier alpha value is -3.53. The molecule has 174 valence electrons. The largest absolute Gasteiger partial charge is 0.507 e. The number of carbonyl (C=O) groups is 2. The van der Waals surface area contributed by atoms with Gasteiger partial charge in [-0.15, -0.1) is 6.58 Å². The molecule has 2 amide bonds. The average molecular weight is 569 g/mol. The number of nitrogens with one attached hydrogen (secondary N) is 2. The molecule has 1 atom stereocenters. The molecule has 4 rings (SSSR count). The molecule has 3 N–H and O–H groups in total. The van der Waals surface area contributed by atoms with E-state index < -0.39 is 18.0 Å². The molecule has 0 saturated carbocycles. The Morgan fingerprint density at radius 3 is 2.79 bits per heavy atom. The third-order valence-electron chi connectivity index (χ3n) is 5.44. The summed E-state index contributed by atoms with van der Waals surface area (Å²) in [5.41, 5.74) is 5.20. The monoisotopic (exact) mass is 569 g/mol. The van der Waals surface area contributed by atoms with Gasteiger partial charge in [-0.2, -0.15) is 0 Å². The van der Waals surface area contributed by atoms with Crippen molar-refractivity contribution in [2.45, 2.75) is 19.5 Å². The van der Waals surface area contributed by atoms with Crippen molar-refractivity contribution < 1.29 is 19.4 Å². The number of amides is 2. The molecule has 3 aromatic carbocycles. The maximum atomic E-state index is 13.6. The van der Waals surface area contributed by atoms with Crippen LogP contribution in [0.4, 0.5) is 5.69 Å².